The maximum Gasteiger partial charge on any atom is 0.475 e. The number of ketones is 1. The first kappa shape index (κ1) is 20.9. The summed E-state index contributed by atoms with van der Waals surface area (Å²) in [5.74, 6) is 3.36. The van der Waals surface area contributed by atoms with Gasteiger partial charge in [0, 0.05) is 0 Å². The maximum absolute atomic E-state index is 12.0. The highest BCUT2D eigenvalue weighted by Gasteiger charge is 2.26. The Hall–Kier alpha value is -2.14. The lowest BCUT2D eigenvalue weighted by Gasteiger charge is -2.20. The van der Waals surface area contributed by atoms with Gasteiger partial charge in [-0.15, -0.1) is 0 Å². The van der Waals surface area contributed by atoms with Crippen molar-refractivity contribution in [3.8, 4) is 11.8 Å². The standard InChI is InChI=1S/C18H25BN2O4/c1-5-6-16(22)14(4)20-11-18(23)21-17(19(24)25)10-15-8-7-12(2)9-13(15)3/h7-9,14,17,20,24-25H,10-11H2,1-4H3,(H,21,23)/t14-,17+/m1/s1. The fraction of sp³-hybridized carbons (Fsp3) is 0.444. The van der Waals surface area contributed by atoms with E-state index >= 15 is 0 Å². The molecule has 0 saturated heterocycles. The largest absolute Gasteiger partial charge is 0.475 e. The zero-order chi connectivity index (χ0) is 19.0. The van der Waals surface area contributed by atoms with E-state index in [1.807, 2.05) is 32.0 Å². The molecule has 0 saturated carbocycles. The van der Waals surface area contributed by atoms with Crippen molar-refractivity contribution in [1.29, 1.82) is 0 Å². The van der Waals surface area contributed by atoms with Crippen molar-refractivity contribution in [2.24, 2.45) is 0 Å². The molecule has 0 aliphatic carbocycles. The van der Waals surface area contributed by atoms with Crippen molar-refractivity contribution in [2.45, 2.75) is 46.1 Å². The molecule has 0 aliphatic heterocycles. The summed E-state index contributed by atoms with van der Waals surface area (Å²) < 4.78 is 0. The van der Waals surface area contributed by atoms with Crippen molar-refractivity contribution in [2.75, 3.05) is 6.54 Å². The molecule has 1 aromatic carbocycles. The normalized spacial score (nSPS) is 12.6. The van der Waals surface area contributed by atoms with Crippen molar-refractivity contribution in [3.05, 3.63) is 34.9 Å². The molecule has 0 bridgehead atoms. The second-order valence-electron chi connectivity index (χ2n) is 6.06. The van der Waals surface area contributed by atoms with Crippen LogP contribution >= 0.6 is 0 Å². The molecule has 0 heterocycles. The molecule has 25 heavy (non-hydrogen) atoms. The first-order chi connectivity index (χ1) is 11.7. The molecule has 0 unspecified atom stereocenters. The summed E-state index contributed by atoms with van der Waals surface area (Å²) in [4.78, 5) is 23.6. The molecule has 0 radical (unpaired) electrons. The van der Waals surface area contributed by atoms with Gasteiger partial charge in [0.25, 0.3) is 0 Å². The molecule has 2 atom stereocenters. The van der Waals surface area contributed by atoms with E-state index in [-0.39, 0.29) is 12.3 Å². The molecule has 7 heteroatoms. The second-order valence-corrected chi connectivity index (χ2v) is 6.06. The van der Waals surface area contributed by atoms with Crippen LogP contribution in [0.1, 0.15) is 30.5 Å². The lowest BCUT2D eigenvalue weighted by Crippen LogP contribution is -2.51. The quantitative estimate of drug-likeness (QED) is 0.300. The van der Waals surface area contributed by atoms with Gasteiger partial charge in [-0.2, -0.15) is 0 Å². The third kappa shape index (κ3) is 7.10. The highest BCUT2D eigenvalue weighted by molar-refractivity contribution is 6.43. The summed E-state index contributed by atoms with van der Waals surface area (Å²) in [5, 5.41) is 24.5. The van der Waals surface area contributed by atoms with Gasteiger partial charge < -0.3 is 15.4 Å². The molecule has 134 valence electrons. The van der Waals surface area contributed by atoms with Crippen LogP contribution in [0.3, 0.4) is 0 Å². The monoisotopic (exact) mass is 344 g/mol. The number of carbonyl (C=O) groups is 2. The Morgan fingerprint density at radius 1 is 1.28 bits per heavy atom. The SMILES string of the molecule is CC#CC(=O)[C@@H](C)NCC(=O)N[C@@H](Cc1ccc(C)cc1C)B(O)O. The number of Topliss-reactive ketones (excluding diaryl/α,β-unsaturated/α-hetero) is 1. The van der Waals surface area contributed by atoms with Crippen molar-refractivity contribution < 1.29 is 19.6 Å². The van der Waals surface area contributed by atoms with E-state index < -0.39 is 25.0 Å². The highest BCUT2D eigenvalue weighted by atomic mass is 16.4. The zero-order valence-electron chi connectivity index (χ0n) is 15.1. The number of amides is 1. The topological polar surface area (TPSA) is 98.7 Å². The molecule has 0 aliphatic rings. The van der Waals surface area contributed by atoms with Crippen LogP contribution in [0.4, 0.5) is 0 Å². The Morgan fingerprint density at radius 3 is 2.52 bits per heavy atom. The number of rotatable bonds is 8. The Kier molecular flexibility index (Phi) is 8.36. The number of benzene rings is 1. The Bertz CT molecular complexity index is 679. The van der Waals surface area contributed by atoms with Crippen LogP contribution in [-0.4, -0.2) is 47.4 Å². The minimum Gasteiger partial charge on any atom is -0.426 e. The van der Waals surface area contributed by atoms with Crippen molar-refractivity contribution in [1.82, 2.24) is 10.6 Å². The number of aryl methyl sites for hydroxylation is 2. The van der Waals surface area contributed by atoms with Gasteiger partial charge in [0.15, 0.2) is 0 Å². The van der Waals surface area contributed by atoms with Crippen LogP contribution < -0.4 is 10.6 Å². The van der Waals surface area contributed by atoms with Gasteiger partial charge in [-0.25, -0.2) is 0 Å². The molecular weight excluding hydrogens is 319 g/mol. The lowest BCUT2D eigenvalue weighted by atomic mass is 9.75. The summed E-state index contributed by atoms with van der Waals surface area (Å²) in [7, 11) is -1.69. The Morgan fingerprint density at radius 2 is 1.96 bits per heavy atom. The zero-order valence-corrected chi connectivity index (χ0v) is 15.1. The minimum absolute atomic E-state index is 0.117. The molecule has 0 fully saturated rings. The van der Waals surface area contributed by atoms with Crippen molar-refractivity contribution in [3.63, 3.8) is 0 Å². The third-order valence-electron chi connectivity index (χ3n) is 3.85. The van der Waals surface area contributed by atoms with Gasteiger partial charge in [0.2, 0.25) is 11.7 Å². The van der Waals surface area contributed by atoms with Gasteiger partial charge >= 0.3 is 7.12 Å². The van der Waals surface area contributed by atoms with Gasteiger partial charge in [0.1, 0.15) is 0 Å². The van der Waals surface area contributed by atoms with E-state index in [4.69, 9.17) is 0 Å². The number of hydrogen-bond donors (Lipinski definition) is 4. The molecule has 1 amide bonds. The molecule has 0 aromatic heterocycles. The lowest BCUT2D eigenvalue weighted by molar-refractivity contribution is -0.121. The predicted molar refractivity (Wildman–Crippen MR) is 97.7 cm³/mol. The summed E-state index contributed by atoms with van der Waals surface area (Å²) in [5.41, 5.74) is 3.07. The Balaban J connectivity index is 2.63. The number of hydrogen-bond acceptors (Lipinski definition) is 5. The van der Waals surface area contributed by atoms with Gasteiger partial charge in [0.05, 0.1) is 18.5 Å². The van der Waals surface area contributed by atoms with E-state index in [1.54, 1.807) is 13.8 Å². The average Bonchev–Trinajstić information content (AvgIpc) is 2.54. The van der Waals surface area contributed by atoms with E-state index in [0.717, 1.165) is 16.7 Å². The van der Waals surface area contributed by atoms with Crippen LogP contribution in [0.5, 0.6) is 0 Å². The third-order valence-corrected chi connectivity index (χ3v) is 3.85. The van der Waals surface area contributed by atoms with Crippen LogP contribution in [0.15, 0.2) is 18.2 Å². The van der Waals surface area contributed by atoms with Crippen LogP contribution in [-0.2, 0) is 16.0 Å². The first-order valence-electron chi connectivity index (χ1n) is 8.16. The predicted octanol–water partition coefficient (Wildman–Crippen LogP) is -0.0868. The summed E-state index contributed by atoms with van der Waals surface area (Å²) in [6, 6.07) is 5.28. The molecule has 6 nitrogen and oxygen atoms in total. The fourth-order valence-corrected chi connectivity index (χ4v) is 2.37. The average molecular weight is 344 g/mol. The maximum atomic E-state index is 12.0. The van der Waals surface area contributed by atoms with Crippen LogP contribution in [0.25, 0.3) is 0 Å². The number of carbonyl (C=O) groups excluding carboxylic acids is 2. The molecule has 0 spiro atoms. The molecule has 1 aromatic rings. The van der Waals surface area contributed by atoms with Crippen molar-refractivity contribution >= 4 is 18.8 Å². The molecular formula is C18H25BN2O4. The summed E-state index contributed by atoms with van der Waals surface area (Å²) in [6.07, 6.45) is 0.297. The number of nitrogens with one attached hydrogen (secondary N) is 2. The highest BCUT2D eigenvalue weighted by Crippen LogP contribution is 2.13. The second kappa shape index (κ2) is 9.99. The smallest absolute Gasteiger partial charge is 0.426 e. The Labute approximate surface area is 149 Å². The van der Waals surface area contributed by atoms with Crippen LogP contribution in [0, 0.1) is 25.7 Å². The van der Waals surface area contributed by atoms with E-state index in [2.05, 4.69) is 22.5 Å². The summed E-state index contributed by atoms with van der Waals surface area (Å²) in [6.45, 7) is 6.99. The summed E-state index contributed by atoms with van der Waals surface area (Å²) >= 11 is 0. The van der Waals surface area contributed by atoms with Gasteiger partial charge in [-0.1, -0.05) is 29.7 Å². The van der Waals surface area contributed by atoms with Gasteiger partial charge in [-0.05, 0) is 51.2 Å². The van der Waals surface area contributed by atoms with Gasteiger partial charge in [-0.3, -0.25) is 14.9 Å². The molecule has 1 rings (SSSR count). The van der Waals surface area contributed by atoms with Crippen LogP contribution in [0.2, 0.25) is 0 Å². The molecule has 4 N–H and O–H groups in total. The van der Waals surface area contributed by atoms with E-state index in [9.17, 15) is 19.6 Å². The first-order valence-corrected chi connectivity index (χ1v) is 8.16. The fourth-order valence-electron chi connectivity index (χ4n) is 2.37. The van der Waals surface area contributed by atoms with E-state index in [1.165, 1.54) is 0 Å². The van der Waals surface area contributed by atoms with E-state index in [0.29, 0.717) is 6.42 Å². The minimum atomic E-state index is -1.69.